The summed E-state index contributed by atoms with van der Waals surface area (Å²) in [6.07, 6.45) is 2.57. The van der Waals surface area contributed by atoms with Crippen LogP contribution in [0, 0.1) is 0 Å². The first-order chi connectivity index (χ1) is 14.2. The van der Waals surface area contributed by atoms with Crippen LogP contribution in [0.15, 0.2) is 72.8 Å². The maximum Gasteiger partial charge on any atom is 0.309 e. The van der Waals surface area contributed by atoms with Gasteiger partial charge in [-0.2, -0.15) is 0 Å². The van der Waals surface area contributed by atoms with Crippen LogP contribution in [-0.2, 0) is 22.6 Å². The van der Waals surface area contributed by atoms with Crippen molar-refractivity contribution in [3.63, 3.8) is 0 Å². The van der Waals surface area contributed by atoms with Crippen LogP contribution in [0.5, 0.6) is 17.2 Å². The van der Waals surface area contributed by atoms with Gasteiger partial charge in [-0.15, -0.1) is 0 Å². The Morgan fingerprint density at radius 3 is 2.45 bits per heavy atom. The Balaban J connectivity index is 1.49. The quantitative estimate of drug-likeness (QED) is 0.468. The summed E-state index contributed by atoms with van der Waals surface area (Å²) < 4.78 is 16.9. The molecule has 1 fully saturated rings. The molecular weight excluding hydrogens is 364 g/mol. The molecule has 4 heteroatoms. The fourth-order valence-corrected chi connectivity index (χ4v) is 3.25. The summed E-state index contributed by atoms with van der Waals surface area (Å²) in [4.78, 5) is 11.5. The van der Waals surface area contributed by atoms with Crippen LogP contribution in [0.1, 0.15) is 35.4 Å². The number of methoxy groups -OCH3 is 1. The van der Waals surface area contributed by atoms with Crippen LogP contribution in [0.3, 0.4) is 0 Å². The average Bonchev–Trinajstić information content (AvgIpc) is 3.59. The van der Waals surface area contributed by atoms with Crippen molar-refractivity contribution in [2.24, 2.45) is 0 Å². The van der Waals surface area contributed by atoms with Crippen LogP contribution >= 0.6 is 0 Å². The fraction of sp³-hybridized carbons (Fsp3) is 0.240. The largest absolute Gasteiger partial charge is 0.489 e. The van der Waals surface area contributed by atoms with Crippen molar-refractivity contribution >= 4 is 5.97 Å². The summed E-state index contributed by atoms with van der Waals surface area (Å²) in [5.74, 6) is 2.66. The molecule has 0 N–H and O–H groups in total. The van der Waals surface area contributed by atoms with Crippen molar-refractivity contribution in [2.75, 3.05) is 7.11 Å². The third kappa shape index (κ3) is 5.17. The van der Waals surface area contributed by atoms with Crippen molar-refractivity contribution in [2.45, 2.75) is 31.8 Å². The Hall–Kier alpha value is -3.27. The van der Waals surface area contributed by atoms with E-state index in [1.165, 1.54) is 25.5 Å². The van der Waals surface area contributed by atoms with Crippen LogP contribution in [0.2, 0.25) is 0 Å². The van der Waals surface area contributed by atoms with E-state index in [4.69, 9.17) is 14.2 Å². The van der Waals surface area contributed by atoms with Crippen LogP contribution < -0.4 is 9.47 Å². The number of hydrogen-bond acceptors (Lipinski definition) is 4. The zero-order valence-electron chi connectivity index (χ0n) is 16.5. The second kappa shape index (κ2) is 8.82. The highest BCUT2D eigenvalue weighted by Gasteiger charge is 2.27. The minimum Gasteiger partial charge on any atom is -0.489 e. The van der Waals surface area contributed by atoms with E-state index in [0.29, 0.717) is 18.3 Å². The van der Waals surface area contributed by atoms with Gasteiger partial charge in [0.25, 0.3) is 0 Å². The zero-order chi connectivity index (χ0) is 20.1. The lowest BCUT2D eigenvalue weighted by Crippen LogP contribution is -2.04. The third-order valence-corrected chi connectivity index (χ3v) is 4.95. The zero-order valence-corrected chi connectivity index (χ0v) is 16.5. The van der Waals surface area contributed by atoms with E-state index < -0.39 is 0 Å². The smallest absolute Gasteiger partial charge is 0.309 e. The standard InChI is InChI=1S/C25H24O4/c1-27-25(26)15-19-8-5-9-22(14-19)29-24-13-12-21(16-23(24)20-10-11-20)28-17-18-6-3-2-4-7-18/h2-9,12-14,16,20H,10-11,15,17H2,1H3. The van der Waals surface area contributed by atoms with Crippen molar-refractivity contribution < 1.29 is 19.0 Å². The number of ether oxygens (including phenoxy) is 3. The second-order valence-corrected chi connectivity index (χ2v) is 7.25. The second-order valence-electron chi connectivity index (χ2n) is 7.25. The highest BCUT2D eigenvalue weighted by Crippen LogP contribution is 2.46. The van der Waals surface area contributed by atoms with Crippen LogP contribution in [0.25, 0.3) is 0 Å². The summed E-state index contributed by atoms with van der Waals surface area (Å²) in [6, 6.07) is 23.7. The Morgan fingerprint density at radius 1 is 0.897 bits per heavy atom. The van der Waals surface area contributed by atoms with Crippen molar-refractivity contribution in [1.82, 2.24) is 0 Å². The Labute approximate surface area is 171 Å². The third-order valence-electron chi connectivity index (χ3n) is 4.95. The van der Waals surface area contributed by atoms with Gasteiger partial charge in [0.1, 0.15) is 23.9 Å². The first kappa shape index (κ1) is 19.1. The SMILES string of the molecule is COC(=O)Cc1cccc(Oc2ccc(OCc3ccccc3)cc2C2CC2)c1. The monoisotopic (exact) mass is 388 g/mol. The van der Waals surface area contributed by atoms with E-state index in [1.807, 2.05) is 54.6 Å². The first-order valence-corrected chi connectivity index (χ1v) is 9.85. The average molecular weight is 388 g/mol. The minimum atomic E-state index is -0.263. The summed E-state index contributed by atoms with van der Waals surface area (Å²) >= 11 is 0. The number of benzene rings is 3. The van der Waals surface area contributed by atoms with Gasteiger partial charge >= 0.3 is 5.97 Å². The number of hydrogen-bond donors (Lipinski definition) is 0. The summed E-state index contributed by atoms with van der Waals surface area (Å²) in [5.41, 5.74) is 3.18. The molecule has 1 aliphatic carbocycles. The first-order valence-electron chi connectivity index (χ1n) is 9.85. The molecule has 4 nitrogen and oxygen atoms in total. The number of carbonyl (C=O) groups excluding carboxylic acids is 1. The lowest BCUT2D eigenvalue weighted by atomic mass is 10.1. The van der Waals surface area contributed by atoms with Gasteiger partial charge in [0.2, 0.25) is 0 Å². The predicted molar refractivity (Wildman–Crippen MR) is 111 cm³/mol. The lowest BCUT2D eigenvalue weighted by molar-refractivity contribution is -0.139. The molecular formula is C25H24O4. The molecule has 3 aromatic carbocycles. The van der Waals surface area contributed by atoms with Gasteiger partial charge in [0.15, 0.2) is 0 Å². The molecule has 0 bridgehead atoms. The molecule has 0 aromatic heterocycles. The summed E-state index contributed by atoms with van der Waals surface area (Å²) in [7, 11) is 1.39. The molecule has 0 heterocycles. The predicted octanol–water partition coefficient (Wildman–Crippen LogP) is 5.65. The summed E-state index contributed by atoms with van der Waals surface area (Å²) in [6.45, 7) is 0.542. The van der Waals surface area contributed by atoms with Crippen molar-refractivity contribution in [3.05, 3.63) is 89.5 Å². The minimum absolute atomic E-state index is 0.232. The lowest BCUT2D eigenvalue weighted by Gasteiger charge is -2.14. The Kier molecular flexibility index (Phi) is 5.80. The molecule has 29 heavy (non-hydrogen) atoms. The molecule has 3 aromatic rings. The molecule has 0 radical (unpaired) electrons. The number of carbonyl (C=O) groups is 1. The molecule has 1 aliphatic rings. The van der Waals surface area contributed by atoms with Gasteiger partial charge < -0.3 is 14.2 Å². The van der Waals surface area contributed by atoms with Gasteiger partial charge in [0, 0.05) is 5.56 Å². The molecule has 1 saturated carbocycles. The van der Waals surface area contributed by atoms with E-state index in [2.05, 4.69) is 18.2 Å². The van der Waals surface area contributed by atoms with E-state index in [1.54, 1.807) is 0 Å². The molecule has 0 saturated heterocycles. The van der Waals surface area contributed by atoms with Gasteiger partial charge in [-0.25, -0.2) is 0 Å². The van der Waals surface area contributed by atoms with Gasteiger partial charge in [-0.05, 0) is 60.2 Å². The Morgan fingerprint density at radius 2 is 1.69 bits per heavy atom. The Bertz CT molecular complexity index is 977. The van der Waals surface area contributed by atoms with Crippen LogP contribution in [-0.4, -0.2) is 13.1 Å². The van der Waals surface area contributed by atoms with E-state index >= 15 is 0 Å². The molecule has 0 unspecified atom stereocenters. The fourth-order valence-electron chi connectivity index (χ4n) is 3.25. The molecule has 0 atom stereocenters. The molecule has 0 spiro atoms. The van der Waals surface area contributed by atoms with Crippen LogP contribution in [0.4, 0.5) is 0 Å². The normalized spacial score (nSPS) is 13.0. The van der Waals surface area contributed by atoms with Crippen molar-refractivity contribution in [1.29, 1.82) is 0 Å². The van der Waals surface area contributed by atoms with Crippen molar-refractivity contribution in [3.8, 4) is 17.2 Å². The van der Waals surface area contributed by atoms with Gasteiger partial charge in [0.05, 0.1) is 13.5 Å². The maximum atomic E-state index is 11.5. The highest BCUT2D eigenvalue weighted by molar-refractivity contribution is 5.72. The molecule has 0 aliphatic heterocycles. The molecule has 0 amide bonds. The number of rotatable bonds is 8. The number of esters is 1. The van der Waals surface area contributed by atoms with E-state index in [-0.39, 0.29) is 12.4 Å². The van der Waals surface area contributed by atoms with E-state index in [0.717, 1.165) is 22.6 Å². The topological polar surface area (TPSA) is 44.8 Å². The maximum absolute atomic E-state index is 11.5. The van der Waals surface area contributed by atoms with Gasteiger partial charge in [-0.1, -0.05) is 42.5 Å². The summed E-state index contributed by atoms with van der Waals surface area (Å²) in [5, 5.41) is 0. The van der Waals surface area contributed by atoms with E-state index in [9.17, 15) is 4.79 Å². The van der Waals surface area contributed by atoms with Gasteiger partial charge in [-0.3, -0.25) is 4.79 Å². The molecule has 148 valence electrons. The molecule has 4 rings (SSSR count). The highest BCUT2D eigenvalue weighted by atomic mass is 16.5.